The maximum Gasteiger partial charge on any atom is 0.338 e. The number of hydrogen-bond donors (Lipinski definition) is 1. The average molecular weight is 355 g/mol. The molecule has 5 nitrogen and oxygen atoms in total. The lowest BCUT2D eigenvalue weighted by Crippen LogP contribution is -2.32. The summed E-state index contributed by atoms with van der Waals surface area (Å²) in [5.74, 6) is 0.0255. The molecule has 0 aromatic heterocycles. The van der Waals surface area contributed by atoms with E-state index in [1.54, 1.807) is 25.1 Å². The predicted molar refractivity (Wildman–Crippen MR) is 102 cm³/mol. The van der Waals surface area contributed by atoms with Crippen LogP contribution in [0, 0.1) is 13.8 Å². The first kappa shape index (κ1) is 19.5. The molecule has 0 saturated carbocycles. The van der Waals surface area contributed by atoms with Gasteiger partial charge in [-0.05, 0) is 56.5 Å². The number of para-hydroxylation sites is 1. The molecular weight excluding hydrogens is 330 g/mol. The topological polar surface area (TPSA) is 64.6 Å². The number of carbonyl (C=O) groups excluding carboxylic acids is 2. The van der Waals surface area contributed by atoms with Crippen molar-refractivity contribution in [2.75, 3.05) is 11.9 Å². The summed E-state index contributed by atoms with van der Waals surface area (Å²) in [4.78, 5) is 24.6. The van der Waals surface area contributed by atoms with E-state index in [2.05, 4.69) is 5.32 Å². The molecule has 2 rings (SSSR count). The third-order valence-corrected chi connectivity index (χ3v) is 4.03. The van der Waals surface area contributed by atoms with E-state index in [1.165, 1.54) is 0 Å². The number of anilines is 1. The fourth-order valence-corrected chi connectivity index (χ4v) is 2.48. The van der Waals surface area contributed by atoms with E-state index in [0.29, 0.717) is 30.0 Å². The Bertz CT molecular complexity index is 785. The first-order valence-electron chi connectivity index (χ1n) is 8.77. The largest absolute Gasteiger partial charge is 0.480 e. The van der Waals surface area contributed by atoms with Crippen LogP contribution in [0.15, 0.2) is 42.5 Å². The van der Waals surface area contributed by atoms with Crippen LogP contribution in [0.3, 0.4) is 0 Å². The van der Waals surface area contributed by atoms with Crippen LogP contribution in [0.1, 0.15) is 41.8 Å². The van der Waals surface area contributed by atoms with Crippen LogP contribution >= 0.6 is 0 Å². The van der Waals surface area contributed by atoms with Gasteiger partial charge in [0.25, 0.3) is 5.91 Å². The summed E-state index contributed by atoms with van der Waals surface area (Å²) in [6.07, 6.45) is -0.0988. The Kier molecular flexibility index (Phi) is 6.78. The van der Waals surface area contributed by atoms with Crippen LogP contribution in [0.2, 0.25) is 0 Å². The van der Waals surface area contributed by atoms with Gasteiger partial charge in [0.15, 0.2) is 6.10 Å². The lowest BCUT2D eigenvalue weighted by molar-refractivity contribution is -0.122. The summed E-state index contributed by atoms with van der Waals surface area (Å²) < 4.78 is 10.9. The van der Waals surface area contributed by atoms with Crippen LogP contribution in [-0.4, -0.2) is 24.6 Å². The molecule has 2 aromatic carbocycles. The van der Waals surface area contributed by atoms with Crippen molar-refractivity contribution >= 4 is 17.6 Å². The van der Waals surface area contributed by atoms with Gasteiger partial charge in [-0.15, -0.1) is 0 Å². The normalized spacial score (nSPS) is 11.5. The third kappa shape index (κ3) is 4.85. The molecule has 0 spiro atoms. The smallest absolute Gasteiger partial charge is 0.338 e. The molecule has 0 saturated heterocycles. The summed E-state index contributed by atoms with van der Waals surface area (Å²) in [6, 6.07) is 12.7. The van der Waals surface area contributed by atoms with Gasteiger partial charge in [0.05, 0.1) is 12.2 Å². The van der Waals surface area contributed by atoms with Gasteiger partial charge >= 0.3 is 5.97 Å². The van der Waals surface area contributed by atoms with Crippen molar-refractivity contribution in [1.82, 2.24) is 0 Å². The Morgan fingerprint density at radius 1 is 1.04 bits per heavy atom. The van der Waals surface area contributed by atoms with Gasteiger partial charge in [0.1, 0.15) is 5.75 Å². The molecule has 1 amide bonds. The van der Waals surface area contributed by atoms with Crippen LogP contribution in [-0.2, 0) is 9.53 Å². The second-order valence-corrected chi connectivity index (χ2v) is 6.02. The summed E-state index contributed by atoms with van der Waals surface area (Å²) in [7, 11) is 0. The molecule has 138 valence electrons. The molecule has 1 atom stereocenters. The number of ether oxygens (including phenoxy) is 2. The van der Waals surface area contributed by atoms with Gasteiger partial charge in [0, 0.05) is 5.69 Å². The van der Waals surface area contributed by atoms with Crippen LogP contribution in [0.5, 0.6) is 5.75 Å². The minimum Gasteiger partial charge on any atom is -0.480 e. The fourth-order valence-electron chi connectivity index (χ4n) is 2.48. The number of hydrogen-bond acceptors (Lipinski definition) is 4. The Labute approximate surface area is 154 Å². The Hall–Kier alpha value is -2.82. The van der Waals surface area contributed by atoms with Crippen LogP contribution in [0.25, 0.3) is 0 Å². The maximum absolute atomic E-state index is 12.7. The average Bonchev–Trinajstić information content (AvgIpc) is 2.63. The van der Waals surface area contributed by atoms with Gasteiger partial charge in [-0.1, -0.05) is 31.2 Å². The summed E-state index contributed by atoms with van der Waals surface area (Å²) in [5, 5.41) is 2.87. The number of benzene rings is 2. The second-order valence-electron chi connectivity index (χ2n) is 6.02. The lowest BCUT2D eigenvalue weighted by Gasteiger charge is -2.19. The first-order chi connectivity index (χ1) is 12.5. The molecule has 0 aliphatic rings. The van der Waals surface area contributed by atoms with Crippen LogP contribution < -0.4 is 10.1 Å². The lowest BCUT2D eigenvalue weighted by atomic mass is 10.1. The van der Waals surface area contributed by atoms with Crippen molar-refractivity contribution in [3.63, 3.8) is 0 Å². The molecule has 0 heterocycles. The zero-order valence-electron chi connectivity index (χ0n) is 15.7. The molecule has 5 heteroatoms. The summed E-state index contributed by atoms with van der Waals surface area (Å²) in [5.41, 5.74) is 2.81. The predicted octanol–water partition coefficient (Wildman–Crippen LogP) is 4.28. The van der Waals surface area contributed by atoms with E-state index in [0.717, 1.165) is 11.1 Å². The van der Waals surface area contributed by atoms with E-state index in [-0.39, 0.29) is 5.91 Å². The first-order valence-corrected chi connectivity index (χ1v) is 8.77. The molecular formula is C21H25NO4. The molecule has 0 bridgehead atoms. The zero-order chi connectivity index (χ0) is 19.1. The van der Waals surface area contributed by atoms with Crippen LogP contribution in [0.4, 0.5) is 5.69 Å². The second kappa shape index (κ2) is 9.04. The van der Waals surface area contributed by atoms with Crippen molar-refractivity contribution in [3.8, 4) is 5.75 Å². The number of rotatable bonds is 7. The molecule has 0 unspecified atom stereocenters. The van der Waals surface area contributed by atoms with E-state index in [4.69, 9.17) is 9.47 Å². The van der Waals surface area contributed by atoms with E-state index in [9.17, 15) is 9.59 Å². The Balaban J connectivity index is 2.15. The SMILES string of the molecule is CCOC(=O)c1ccc(C)c(NC(=O)[C@@H](CC)Oc2ccccc2C)c1. The van der Waals surface area contributed by atoms with Gasteiger partial charge < -0.3 is 14.8 Å². The number of carbonyl (C=O) groups is 2. The summed E-state index contributed by atoms with van der Waals surface area (Å²) in [6.45, 7) is 7.76. The van der Waals surface area contributed by atoms with Crippen molar-refractivity contribution in [2.24, 2.45) is 0 Å². The van der Waals surface area contributed by atoms with E-state index in [1.807, 2.05) is 45.0 Å². The maximum atomic E-state index is 12.7. The van der Waals surface area contributed by atoms with E-state index >= 15 is 0 Å². The van der Waals surface area contributed by atoms with E-state index < -0.39 is 12.1 Å². The number of amides is 1. The molecule has 26 heavy (non-hydrogen) atoms. The number of esters is 1. The quantitative estimate of drug-likeness (QED) is 0.753. The Morgan fingerprint density at radius 3 is 2.42 bits per heavy atom. The minimum absolute atomic E-state index is 0.250. The van der Waals surface area contributed by atoms with Crippen molar-refractivity contribution < 1.29 is 19.1 Å². The Morgan fingerprint density at radius 2 is 1.77 bits per heavy atom. The molecule has 1 N–H and O–H groups in total. The fraction of sp³-hybridized carbons (Fsp3) is 0.333. The zero-order valence-corrected chi connectivity index (χ0v) is 15.7. The van der Waals surface area contributed by atoms with Crippen molar-refractivity contribution in [2.45, 2.75) is 40.2 Å². The molecule has 2 aromatic rings. The van der Waals surface area contributed by atoms with Gasteiger partial charge in [-0.3, -0.25) is 4.79 Å². The number of aryl methyl sites for hydroxylation is 2. The van der Waals surface area contributed by atoms with Gasteiger partial charge in [-0.2, -0.15) is 0 Å². The summed E-state index contributed by atoms with van der Waals surface area (Å²) >= 11 is 0. The highest BCUT2D eigenvalue weighted by Crippen LogP contribution is 2.21. The highest BCUT2D eigenvalue weighted by molar-refractivity contribution is 5.97. The number of nitrogens with one attached hydrogen (secondary N) is 1. The minimum atomic E-state index is -0.623. The monoisotopic (exact) mass is 355 g/mol. The highest BCUT2D eigenvalue weighted by Gasteiger charge is 2.20. The molecule has 0 aliphatic heterocycles. The standard InChI is InChI=1S/C21H25NO4/c1-5-18(26-19-10-8-7-9-15(19)4)20(23)22-17-13-16(12-11-14(17)3)21(24)25-6-2/h7-13,18H,5-6H2,1-4H3,(H,22,23)/t18-/m1/s1. The van der Waals surface area contributed by atoms with Crippen molar-refractivity contribution in [3.05, 3.63) is 59.2 Å². The highest BCUT2D eigenvalue weighted by atomic mass is 16.5. The van der Waals surface area contributed by atoms with Crippen molar-refractivity contribution in [1.29, 1.82) is 0 Å². The molecule has 0 fully saturated rings. The van der Waals surface area contributed by atoms with Gasteiger partial charge in [0.2, 0.25) is 0 Å². The molecule has 0 aliphatic carbocycles. The molecule has 0 radical (unpaired) electrons. The van der Waals surface area contributed by atoms with Gasteiger partial charge in [-0.25, -0.2) is 4.79 Å². The third-order valence-electron chi connectivity index (χ3n) is 4.03.